The Bertz CT molecular complexity index is 241. The first-order valence-electron chi connectivity index (χ1n) is 6.29. The van der Waals surface area contributed by atoms with Crippen LogP contribution in [0.1, 0.15) is 47.5 Å². The van der Waals surface area contributed by atoms with Gasteiger partial charge in [0, 0.05) is 6.04 Å². The fourth-order valence-electron chi connectivity index (χ4n) is 1.79. The highest BCUT2D eigenvalue weighted by Gasteiger charge is 2.33. The third-order valence-corrected chi connectivity index (χ3v) is 3.05. The molecule has 0 spiro atoms. The highest BCUT2D eigenvalue weighted by Crippen LogP contribution is 2.29. The van der Waals surface area contributed by atoms with Crippen molar-refractivity contribution in [3.8, 4) is 0 Å². The Morgan fingerprint density at radius 2 is 1.88 bits per heavy atom. The second-order valence-electron chi connectivity index (χ2n) is 5.69. The monoisotopic (exact) mass is 245 g/mol. The van der Waals surface area contributed by atoms with Gasteiger partial charge in [-0.1, -0.05) is 27.7 Å². The summed E-state index contributed by atoms with van der Waals surface area (Å²) in [4.78, 5) is 11.7. The molecule has 0 aliphatic rings. The van der Waals surface area contributed by atoms with Gasteiger partial charge in [-0.25, -0.2) is 0 Å². The Kier molecular flexibility index (Phi) is 6.72. The zero-order chi connectivity index (χ0) is 13.6. The van der Waals surface area contributed by atoms with E-state index in [0.717, 1.165) is 6.42 Å². The predicted molar refractivity (Wildman–Crippen MR) is 68.5 cm³/mol. The fraction of sp³-hybridized carbons (Fsp3) is 0.923. The topological polar surface area (TPSA) is 72.5 Å². The SMILES string of the molecule is CC(C)CC(C)(OC(=O)CC(N)CO)C(C)C. The number of esters is 1. The molecule has 0 radical (unpaired) electrons. The molecule has 102 valence electrons. The van der Waals surface area contributed by atoms with Crippen LogP contribution in [0.25, 0.3) is 0 Å². The number of aliphatic hydroxyl groups is 1. The van der Waals surface area contributed by atoms with Gasteiger partial charge in [0.25, 0.3) is 0 Å². The molecule has 0 aromatic carbocycles. The summed E-state index contributed by atoms with van der Waals surface area (Å²) in [5.41, 5.74) is 5.06. The number of carbonyl (C=O) groups excluding carboxylic acids is 1. The van der Waals surface area contributed by atoms with Crippen LogP contribution in [0.2, 0.25) is 0 Å². The van der Waals surface area contributed by atoms with Crippen LogP contribution in [0.15, 0.2) is 0 Å². The summed E-state index contributed by atoms with van der Waals surface area (Å²) >= 11 is 0. The second-order valence-corrected chi connectivity index (χ2v) is 5.69. The summed E-state index contributed by atoms with van der Waals surface area (Å²) in [6.07, 6.45) is 0.891. The molecule has 2 atom stereocenters. The van der Waals surface area contributed by atoms with E-state index in [1.54, 1.807) is 0 Å². The Labute approximate surface area is 105 Å². The zero-order valence-electron chi connectivity index (χ0n) is 11.7. The minimum Gasteiger partial charge on any atom is -0.459 e. The molecule has 0 bridgehead atoms. The Hall–Kier alpha value is -0.610. The van der Waals surface area contributed by atoms with E-state index in [4.69, 9.17) is 15.6 Å². The lowest BCUT2D eigenvalue weighted by Gasteiger charge is -2.35. The maximum Gasteiger partial charge on any atom is 0.308 e. The molecule has 4 heteroatoms. The van der Waals surface area contributed by atoms with Crippen molar-refractivity contribution in [2.45, 2.75) is 59.1 Å². The molecule has 0 rings (SSSR count). The Morgan fingerprint density at radius 1 is 1.35 bits per heavy atom. The summed E-state index contributed by atoms with van der Waals surface area (Å²) < 4.78 is 5.55. The van der Waals surface area contributed by atoms with Crippen LogP contribution in [0, 0.1) is 11.8 Å². The molecule has 2 unspecified atom stereocenters. The predicted octanol–water partition coefficient (Wildman–Crippen LogP) is 1.70. The highest BCUT2D eigenvalue weighted by atomic mass is 16.6. The van der Waals surface area contributed by atoms with Gasteiger partial charge in [0.15, 0.2) is 0 Å². The minimum absolute atomic E-state index is 0.0664. The third-order valence-electron chi connectivity index (χ3n) is 3.05. The van der Waals surface area contributed by atoms with E-state index in [1.807, 2.05) is 20.8 Å². The normalized spacial score (nSPS) is 17.0. The molecule has 0 amide bonds. The van der Waals surface area contributed by atoms with E-state index in [-0.39, 0.29) is 24.9 Å². The molecule has 3 N–H and O–H groups in total. The third kappa shape index (κ3) is 6.03. The maximum absolute atomic E-state index is 11.7. The summed E-state index contributed by atoms with van der Waals surface area (Å²) in [7, 11) is 0. The lowest BCUT2D eigenvalue weighted by Crippen LogP contribution is -2.40. The zero-order valence-corrected chi connectivity index (χ0v) is 11.7. The average Bonchev–Trinajstić information content (AvgIpc) is 2.15. The number of hydrogen-bond acceptors (Lipinski definition) is 4. The molecular weight excluding hydrogens is 218 g/mol. The maximum atomic E-state index is 11.7. The minimum atomic E-state index is -0.530. The van der Waals surface area contributed by atoms with E-state index < -0.39 is 11.6 Å². The van der Waals surface area contributed by atoms with Crippen LogP contribution >= 0.6 is 0 Å². The van der Waals surface area contributed by atoms with Crippen LogP contribution < -0.4 is 5.73 Å². The van der Waals surface area contributed by atoms with Crippen molar-refractivity contribution in [1.29, 1.82) is 0 Å². The smallest absolute Gasteiger partial charge is 0.308 e. The number of ether oxygens (including phenoxy) is 1. The Morgan fingerprint density at radius 3 is 2.24 bits per heavy atom. The van der Waals surface area contributed by atoms with E-state index in [9.17, 15) is 4.79 Å². The molecular formula is C13H27NO3. The van der Waals surface area contributed by atoms with Crippen LogP contribution in [0.3, 0.4) is 0 Å². The quantitative estimate of drug-likeness (QED) is 0.670. The van der Waals surface area contributed by atoms with Crippen molar-refractivity contribution in [2.75, 3.05) is 6.61 Å². The molecule has 0 saturated carbocycles. The largest absolute Gasteiger partial charge is 0.459 e. The molecule has 0 saturated heterocycles. The standard InChI is InChI=1S/C13H27NO3/c1-9(2)7-13(5,10(3)4)17-12(16)6-11(14)8-15/h9-11,15H,6-8,14H2,1-5H3. The number of hydrogen-bond donors (Lipinski definition) is 2. The van der Waals surface area contributed by atoms with Gasteiger partial charge in [-0.15, -0.1) is 0 Å². The number of carbonyl (C=O) groups is 1. The summed E-state index contributed by atoms with van der Waals surface area (Å²) in [5, 5.41) is 8.80. The van der Waals surface area contributed by atoms with Gasteiger partial charge in [0.05, 0.1) is 13.0 Å². The molecule has 0 aromatic rings. The first-order valence-corrected chi connectivity index (χ1v) is 6.29. The lowest BCUT2D eigenvalue weighted by molar-refractivity contribution is -0.165. The van der Waals surface area contributed by atoms with Gasteiger partial charge in [0.1, 0.15) is 5.60 Å². The average molecular weight is 245 g/mol. The van der Waals surface area contributed by atoms with Gasteiger partial charge in [-0.05, 0) is 25.2 Å². The number of nitrogens with two attached hydrogens (primary N) is 1. The van der Waals surface area contributed by atoms with Gasteiger partial charge < -0.3 is 15.6 Å². The van der Waals surface area contributed by atoms with Gasteiger partial charge in [0.2, 0.25) is 0 Å². The molecule has 4 nitrogen and oxygen atoms in total. The van der Waals surface area contributed by atoms with Crippen molar-refractivity contribution < 1.29 is 14.6 Å². The molecule has 0 fully saturated rings. The number of aliphatic hydroxyl groups excluding tert-OH is 1. The fourth-order valence-corrected chi connectivity index (χ4v) is 1.79. The van der Waals surface area contributed by atoms with Crippen molar-refractivity contribution in [3.05, 3.63) is 0 Å². The van der Waals surface area contributed by atoms with Gasteiger partial charge in [-0.2, -0.15) is 0 Å². The second kappa shape index (κ2) is 6.97. The lowest BCUT2D eigenvalue weighted by atomic mass is 9.84. The molecule has 0 aliphatic heterocycles. The Balaban J connectivity index is 4.49. The molecule has 0 heterocycles. The van der Waals surface area contributed by atoms with Crippen molar-refractivity contribution in [3.63, 3.8) is 0 Å². The van der Waals surface area contributed by atoms with Crippen molar-refractivity contribution in [1.82, 2.24) is 0 Å². The molecule has 0 aliphatic carbocycles. The first-order chi connectivity index (χ1) is 7.71. The summed E-state index contributed by atoms with van der Waals surface area (Å²) in [5.74, 6) is 0.379. The van der Waals surface area contributed by atoms with E-state index in [2.05, 4.69) is 13.8 Å². The molecule has 17 heavy (non-hydrogen) atoms. The summed E-state index contributed by atoms with van der Waals surface area (Å²) in [6, 6.07) is -0.530. The van der Waals surface area contributed by atoms with Gasteiger partial charge in [-0.3, -0.25) is 4.79 Å². The van der Waals surface area contributed by atoms with Crippen LogP contribution in [0.5, 0.6) is 0 Å². The van der Waals surface area contributed by atoms with E-state index in [1.165, 1.54) is 0 Å². The van der Waals surface area contributed by atoms with Crippen molar-refractivity contribution >= 4 is 5.97 Å². The van der Waals surface area contributed by atoms with Crippen molar-refractivity contribution in [2.24, 2.45) is 17.6 Å². The highest BCUT2D eigenvalue weighted by molar-refractivity contribution is 5.70. The summed E-state index contributed by atoms with van der Waals surface area (Å²) in [6.45, 7) is 10.1. The van der Waals surface area contributed by atoms with Crippen LogP contribution in [-0.2, 0) is 9.53 Å². The van der Waals surface area contributed by atoms with Crippen LogP contribution in [0.4, 0.5) is 0 Å². The molecule has 0 aromatic heterocycles. The first kappa shape index (κ1) is 16.4. The van der Waals surface area contributed by atoms with E-state index >= 15 is 0 Å². The van der Waals surface area contributed by atoms with E-state index in [0.29, 0.717) is 5.92 Å². The van der Waals surface area contributed by atoms with Crippen LogP contribution in [-0.4, -0.2) is 29.3 Å². The van der Waals surface area contributed by atoms with Gasteiger partial charge >= 0.3 is 5.97 Å². The number of rotatable bonds is 7.